The zero-order valence-electron chi connectivity index (χ0n) is 11.0. The number of pyridine rings is 1. The van der Waals surface area contributed by atoms with Crippen molar-refractivity contribution in [3.63, 3.8) is 0 Å². The van der Waals surface area contributed by atoms with Crippen LogP contribution < -0.4 is 4.74 Å². The summed E-state index contributed by atoms with van der Waals surface area (Å²) in [5.74, 6) is 1.41. The molecule has 0 radical (unpaired) electrons. The quantitative estimate of drug-likeness (QED) is 0.693. The van der Waals surface area contributed by atoms with Crippen molar-refractivity contribution in [1.29, 1.82) is 5.26 Å². The number of benzene rings is 2. The van der Waals surface area contributed by atoms with Crippen molar-refractivity contribution in [3.05, 3.63) is 65.9 Å². The van der Waals surface area contributed by atoms with Crippen LogP contribution >= 0.6 is 0 Å². The molecule has 0 aliphatic rings. The highest BCUT2D eigenvalue weighted by atomic mass is 16.5. The molecule has 96 valence electrons. The van der Waals surface area contributed by atoms with Gasteiger partial charge in [0, 0.05) is 17.1 Å². The third-order valence-electron chi connectivity index (χ3n) is 3.00. The lowest BCUT2D eigenvalue weighted by Crippen LogP contribution is -1.90. The fourth-order valence-electron chi connectivity index (χ4n) is 2.11. The second-order valence-corrected chi connectivity index (χ2v) is 4.52. The number of fused-ring (bicyclic) bond motifs is 1. The van der Waals surface area contributed by atoms with Gasteiger partial charge in [-0.1, -0.05) is 18.2 Å². The van der Waals surface area contributed by atoms with E-state index in [9.17, 15) is 0 Å². The van der Waals surface area contributed by atoms with Gasteiger partial charge in [-0.15, -0.1) is 0 Å². The summed E-state index contributed by atoms with van der Waals surface area (Å²) in [6, 6.07) is 19.0. The molecule has 3 aromatic rings. The third-order valence-corrected chi connectivity index (χ3v) is 3.00. The summed E-state index contributed by atoms with van der Waals surface area (Å²) in [6.07, 6.45) is 0. The maximum absolute atomic E-state index is 8.93. The molecule has 0 saturated heterocycles. The molecular weight excluding hydrogens is 248 g/mol. The zero-order valence-corrected chi connectivity index (χ0v) is 11.0. The molecule has 3 rings (SSSR count). The Hall–Kier alpha value is -2.86. The third kappa shape index (κ3) is 2.32. The second kappa shape index (κ2) is 5.02. The molecule has 3 heteroatoms. The number of aryl methyl sites for hydroxylation is 1. The molecule has 0 N–H and O–H groups in total. The lowest BCUT2D eigenvalue weighted by Gasteiger charge is -2.10. The van der Waals surface area contributed by atoms with Crippen LogP contribution in [0.15, 0.2) is 54.6 Å². The average Bonchev–Trinajstić information content (AvgIpc) is 2.47. The Balaban J connectivity index is 2.08. The molecule has 2 aromatic carbocycles. The number of nitriles is 1. The molecule has 0 unspecified atom stereocenters. The summed E-state index contributed by atoms with van der Waals surface area (Å²) in [6.45, 7) is 1.94. The van der Waals surface area contributed by atoms with Crippen LogP contribution in [0.3, 0.4) is 0 Å². The van der Waals surface area contributed by atoms with Gasteiger partial charge in [-0.25, -0.2) is 0 Å². The normalized spacial score (nSPS) is 10.2. The maximum atomic E-state index is 8.93. The lowest BCUT2D eigenvalue weighted by molar-refractivity contribution is 0.487. The summed E-state index contributed by atoms with van der Waals surface area (Å²) in [7, 11) is 0. The second-order valence-electron chi connectivity index (χ2n) is 4.52. The van der Waals surface area contributed by atoms with Crippen molar-refractivity contribution in [2.24, 2.45) is 0 Å². The molecule has 0 bridgehead atoms. The number of aromatic nitrogens is 1. The molecule has 20 heavy (non-hydrogen) atoms. The molecule has 0 spiro atoms. The van der Waals surface area contributed by atoms with Gasteiger partial charge in [-0.2, -0.15) is 5.26 Å². The number of ether oxygens (including phenoxy) is 1. The van der Waals surface area contributed by atoms with Gasteiger partial charge in [0.25, 0.3) is 0 Å². The van der Waals surface area contributed by atoms with Crippen LogP contribution in [0.5, 0.6) is 11.5 Å². The minimum atomic E-state index is 0.581. The van der Waals surface area contributed by atoms with E-state index >= 15 is 0 Å². The van der Waals surface area contributed by atoms with Gasteiger partial charge in [0.15, 0.2) is 0 Å². The Morgan fingerprint density at radius 3 is 2.75 bits per heavy atom. The Morgan fingerprint density at radius 2 is 1.90 bits per heavy atom. The zero-order chi connectivity index (χ0) is 13.9. The summed E-state index contributed by atoms with van der Waals surface area (Å²) in [5, 5.41) is 9.89. The topological polar surface area (TPSA) is 45.9 Å². The molecule has 1 heterocycles. The predicted octanol–water partition coefficient (Wildman–Crippen LogP) is 4.21. The smallest absolute Gasteiger partial charge is 0.138 e. The van der Waals surface area contributed by atoms with E-state index in [0.29, 0.717) is 11.3 Å². The number of hydrogen-bond acceptors (Lipinski definition) is 3. The van der Waals surface area contributed by atoms with E-state index in [0.717, 1.165) is 22.3 Å². The Kier molecular flexibility index (Phi) is 3.06. The molecule has 1 aromatic heterocycles. The maximum Gasteiger partial charge on any atom is 0.138 e. The van der Waals surface area contributed by atoms with Crippen LogP contribution in [0.4, 0.5) is 0 Å². The van der Waals surface area contributed by atoms with Gasteiger partial charge in [-0.3, -0.25) is 4.98 Å². The highest BCUT2D eigenvalue weighted by Gasteiger charge is 2.06. The molecule has 0 atom stereocenters. The minimum absolute atomic E-state index is 0.581. The highest BCUT2D eigenvalue weighted by Crippen LogP contribution is 2.30. The van der Waals surface area contributed by atoms with Crippen LogP contribution in [-0.2, 0) is 0 Å². The monoisotopic (exact) mass is 260 g/mol. The summed E-state index contributed by atoms with van der Waals surface area (Å²) >= 11 is 0. The summed E-state index contributed by atoms with van der Waals surface area (Å²) in [5.41, 5.74) is 2.38. The Labute approximate surface area is 117 Å². The van der Waals surface area contributed by atoms with Crippen LogP contribution in [0.2, 0.25) is 0 Å². The van der Waals surface area contributed by atoms with Gasteiger partial charge < -0.3 is 4.74 Å². The van der Waals surface area contributed by atoms with Crippen LogP contribution in [0.25, 0.3) is 10.9 Å². The van der Waals surface area contributed by atoms with Crippen molar-refractivity contribution < 1.29 is 4.74 Å². The van der Waals surface area contributed by atoms with Gasteiger partial charge in [0.05, 0.1) is 17.1 Å². The van der Waals surface area contributed by atoms with Crippen LogP contribution in [-0.4, -0.2) is 4.98 Å². The van der Waals surface area contributed by atoms with Crippen molar-refractivity contribution in [1.82, 2.24) is 4.98 Å². The van der Waals surface area contributed by atoms with Crippen LogP contribution in [0.1, 0.15) is 11.3 Å². The molecular formula is C17H12N2O. The first-order valence-corrected chi connectivity index (χ1v) is 6.31. The number of rotatable bonds is 2. The van der Waals surface area contributed by atoms with Crippen molar-refractivity contribution >= 4 is 10.9 Å². The van der Waals surface area contributed by atoms with Crippen molar-refractivity contribution in [2.45, 2.75) is 6.92 Å². The van der Waals surface area contributed by atoms with Crippen molar-refractivity contribution in [3.8, 4) is 17.6 Å². The van der Waals surface area contributed by atoms with E-state index in [-0.39, 0.29) is 0 Å². The summed E-state index contributed by atoms with van der Waals surface area (Å²) in [4.78, 5) is 4.48. The van der Waals surface area contributed by atoms with Gasteiger partial charge in [-0.05, 0) is 37.3 Å². The van der Waals surface area contributed by atoms with Crippen LogP contribution in [0, 0.1) is 18.3 Å². The van der Waals surface area contributed by atoms with Crippen molar-refractivity contribution in [2.75, 3.05) is 0 Å². The highest BCUT2D eigenvalue weighted by molar-refractivity contribution is 5.85. The van der Waals surface area contributed by atoms with E-state index < -0.39 is 0 Å². The molecule has 3 nitrogen and oxygen atoms in total. The standard InChI is InChI=1S/C17H12N2O/c1-12-9-17(15-7-2-3-8-16(15)19-12)20-14-6-4-5-13(10-14)11-18/h2-10H,1H3. The SMILES string of the molecule is Cc1cc(Oc2cccc(C#N)c2)c2ccccc2n1. The molecule has 0 aliphatic heterocycles. The number of hydrogen-bond donors (Lipinski definition) is 0. The first-order valence-electron chi connectivity index (χ1n) is 6.31. The predicted molar refractivity (Wildman–Crippen MR) is 77.7 cm³/mol. The fraction of sp³-hybridized carbons (Fsp3) is 0.0588. The largest absolute Gasteiger partial charge is 0.457 e. The van der Waals surface area contributed by atoms with Gasteiger partial charge in [0.1, 0.15) is 11.5 Å². The van der Waals surface area contributed by atoms with E-state index in [1.165, 1.54) is 0 Å². The van der Waals surface area contributed by atoms with Gasteiger partial charge in [0.2, 0.25) is 0 Å². The molecule has 0 amide bonds. The first-order chi connectivity index (χ1) is 9.76. The first kappa shape index (κ1) is 12.2. The van der Waals surface area contributed by atoms with Gasteiger partial charge >= 0.3 is 0 Å². The Morgan fingerprint density at radius 1 is 1.05 bits per heavy atom. The minimum Gasteiger partial charge on any atom is -0.457 e. The summed E-state index contributed by atoms with van der Waals surface area (Å²) < 4.78 is 5.92. The fourth-order valence-corrected chi connectivity index (χ4v) is 2.11. The molecule has 0 aliphatic carbocycles. The average molecular weight is 260 g/mol. The van der Waals surface area contributed by atoms with E-state index in [4.69, 9.17) is 10.00 Å². The van der Waals surface area contributed by atoms with E-state index in [1.807, 2.05) is 49.4 Å². The lowest BCUT2D eigenvalue weighted by atomic mass is 10.2. The van der Waals surface area contributed by atoms with E-state index in [1.54, 1.807) is 12.1 Å². The number of nitrogens with zero attached hydrogens (tertiary/aromatic N) is 2. The number of para-hydroxylation sites is 1. The molecule has 0 saturated carbocycles. The molecule has 0 fully saturated rings. The Bertz CT molecular complexity index is 819. The van der Waals surface area contributed by atoms with E-state index in [2.05, 4.69) is 11.1 Å².